The van der Waals surface area contributed by atoms with E-state index in [0.29, 0.717) is 10.4 Å². The maximum Gasteiger partial charge on any atom is 0.281 e. The molecule has 0 unspecified atom stereocenters. The molecule has 1 aliphatic carbocycles. The number of amides is 1. The summed E-state index contributed by atoms with van der Waals surface area (Å²) in [6.07, 6.45) is 6.03. The van der Waals surface area contributed by atoms with Crippen molar-refractivity contribution in [1.82, 2.24) is 5.43 Å². The number of rotatable bonds is 3. The van der Waals surface area contributed by atoms with Gasteiger partial charge in [-0.15, -0.1) is 11.3 Å². The Kier molecular flexibility index (Phi) is 4.24. The Morgan fingerprint density at radius 3 is 2.88 bits per heavy atom. The second-order valence-corrected chi connectivity index (χ2v) is 7.32. The molecule has 0 saturated carbocycles. The minimum absolute atomic E-state index is 0.142. The van der Waals surface area contributed by atoms with Gasteiger partial charge in [0.05, 0.1) is 11.1 Å². The van der Waals surface area contributed by atoms with Crippen molar-refractivity contribution in [2.75, 3.05) is 0 Å². The van der Waals surface area contributed by atoms with Gasteiger partial charge in [0.2, 0.25) is 0 Å². The molecular formula is C20H18N2O2S. The maximum absolute atomic E-state index is 12.3. The van der Waals surface area contributed by atoms with Crippen molar-refractivity contribution in [3.63, 3.8) is 0 Å². The SMILES string of the molecule is O=C(NN=Cc1c(O)ccc2ccccc12)c1cc2c(s1)CCCC2. The van der Waals surface area contributed by atoms with Crippen LogP contribution >= 0.6 is 11.3 Å². The van der Waals surface area contributed by atoms with E-state index >= 15 is 0 Å². The number of nitrogens with one attached hydrogen (secondary N) is 1. The zero-order valence-corrected chi connectivity index (χ0v) is 14.5. The first-order valence-corrected chi connectivity index (χ1v) is 9.20. The summed E-state index contributed by atoms with van der Waals surface area (Å²) in [5.74, 6) is -0.0568. The van der Waals surface area contributed by atoms with Crippen molar-refractivity contribution in [3.8, 4) is 5.75 Å². The lowest BCUT2D eigenvalue weighted by atomic mass is 9.99. The predicted octanol–water partition coefficient (Wildman–Crippen LogP) is 4.25. The number of nitrogens with zero attached hydrogens (tertiary/aromatic N) is 1. The monoisotopic (exact) mass is 350 g/mol. The lowest BCUT2D eigenvalue weighted by molar-refractivity contribution is 0.0959. The van der Waals surface area contributed by atoms with Crippen molar-refractivity contribution in [3.05, 3.63) is 63.3 Å². The quantitative estimate of drug-likeness (QED) is 0.548. The second kappa shape index (κ2) is 6.69. The number of carbonyl (C=O) groups excluding carboxylic acids is 1. The number of aromatic hydroxyl groups is 1. The van der Waals surface area contributed by atoms with Crippen LogP contribution in [0.3, 0.4) is 0 Å². The molecule has 3 aromatic rings. The smallest absolute Gasteiger partial charge is 0.281 e. The summed E-state index contributed by atoms with van der Waals surface area (Å²) in [5.41, 5.74) is 4.48. The fourth-order valence-corrected chi connectivity index (χ4v) is 4.38. The third-order valence-electron chi connectivity index (χ3n) is 4.53. The molecule has 2 aromatic carbocycles. The molecule has 0 bridgehead atoms. The van der Waals surface area contributed by atoms with Gasteiger partial charge in [-0.05, 0) is 54.2 Å². The van der Waals surface area contributed by atoms with Gasteiger partial charge in [0.15, 0.2) is 0 Å². The lowest BCUT2D eigenvalue weighted by Gasteiger charge is -2.08. The Hall–Kier alpha value is -2.66. The van der Waals surface area contributed by atoms with Crippen molar-refractivity contribution < 1.29 is 9.90 Å². The van der Waals surface area contributed by atoms with Crippen LogP contribution < -0.4 is 5.43 Å². The summed E-state index contributed by atoms with van der Waals surface area (Å²) in [6.45, 7) is 0. The van der Waals surface area contributed by atoms with E-state index in [1.54, 1.807) is 17.4 Å². The molecule has 5 heteroatoms. The third kappa shape index (κ3) is 3.15. The molecule has 0 fully saturated rings. The lowest BCUT2D eigenvalue weighted by Crippen LogP contribution is -2.16. The normalized spacial score (nSPS) is 13.9. The molecule has 0 saturated heterocycles. The van der Waals surface area contributed by atoms with Crippen LogP contribution in [-0.2, 0) is 12.8 Å². The fourth-order valence-electron chi connectivity index (χ4n) is 3.23. The number of hydrogen-bond donors (Lipinski definition) is 2. The van der Waals surface area contributed by atoms with Crippen molar-refractivity contribution in [1.29, 1.82) is 0 Å². The Labute approximate surface area is 149 Å². The van der Waals surface area contributed by atoms with E-state index in [2.05, 4.69) is 10.5 Å². The van der Waals surface area contributed by atoms with Crippen LogP contribution in [0.25, 0.3) is 10.8 Å². The number of phenolic OH excluding ortho intramolecular Hbond substituents is 1. The Bertz CT molecular complexity index is 951. The van der Waals surface area contributed by atoms with Crippen LogP contribution in [0, 0.1) is 0 Å². The average molecular weight is 350 g/mol. The zero-order chi connectivity index (χ0) is 17.2. The van der Waals surface area contributed by atoms with Gasteiger partial charge in [-0.25, -0.2) is 5.43 Å². The maximum atomic E-state index is 12.3. The molecule has 4 nitrogen and oxygen atoms in total. The first-order chi connectivity index (χ1) is 12.2. The molecule has 1 aromatic heterocycles. The molecule has 126 valence electrons. The highest BCUT2D eigenvalue weighted by Crippen LogP contribution is 2.29. The number of hydrogen-bond acceptors (Lipinski definition) is 4. The van der Waals surface area contributed by atoms with E-state index in [0.717, 1.165) is 23.6 Å². The number of benzene rings is 2. The summed E-state index contributed by atoms with van der Waals surface area (Å²) < 4.78 is 0. The van der Waals surface area contributed by atoms with Gasteiger partial charge in [-0.2, -0.15) is 5.10 Å². The largest absolute Gasteiger partial charge is 0.507 e. The summed E-state index contributed by atoms with van der Waals surface area (Å²) in [4.78, 5) is 14.4. The van der Waals surface area contributed by atoms with Gasteiger partial charge in [0, 0.05) is 10.4 Å². The van der Waals surface area contributed by atoms with Gasteiger partial charge in [0.25, 0.3) is 5.91 Å². The Morgan fingerprint density at radius 1 is 1.16 bits per heavy atom. The number of aryl methyl sites for hydroxylation is 2. The van der Waals surface area contributed by atoms with Gasteiger partial charge >= 0.3 is 0 Å². The molecule has 2 N–H and O–H groups in total. The number of thiophene rings is 1. The fraction of sp³-hybridized carbons (Fsp3) is 0.200. The van der Waals surface area contributed by atoms with E-state index in [9.17, 15) is 9.90 Å². The highest BCUT2D eigenvalue weighted by atomic mass is 32.1. The number of phenols is 1. The number of carbonyl (C=O) groups is 1. The molecule has 4 rings (SSSR count). The van der Waals surface area contributed by atoms with E-state index in [1.807, 2.05) is 36.4 Å². The van der Waals surface area contributed by atoms with E-state index in [-0.39, 0.29) is 11.7 Å². The Balaban J connectivity index is 1.54. The van der Waals surface area contributed by atoms with Crippen LogP contribution in [0.4, 0.5) is 0 Å². The minimum atomic E-state index is -0.199. The molecule has 1 heterocycles. The van der Waals surface area contributed by atoms with Gasteiger partial charge in [-0.3, -0.25) is 4.79 Å². The molecule has 0 radical (unpaired) electrons. The molecule has 0 aliphatic heterocycles. The van der Waals surface area contributed by atoms with Crippen LogP contribution in [0.2, 0.25) is 0 Å². The van der Waals surface area contributed by atoms with Crippen molar-refractivity contribution >= 4 is 34.2 Å². The van der Waals surface area contributed by atoms with Crippen molar-refractivity contribution in [2.45, 2.75) is 25.7 Å². The van der Waals surface area contributed by atoms with E-state index < -0.39 is 0 Å². The molecule has 0 spiro atoms. The number of fused-ring (bicyclic) bond motifs is 2. The topological polar surface area (TPSA) is 61.7 Å². The van der Waals surface area contributed by atoms with Crippen LogP contribution in [0.15, 0.2) is 47.6 Å². The third-order valence-corrected chi connectivity index (χ3v) is 5.76. The minimum Gasteiger partial charge on any atom is -0.507 e. The highest BCUT2D eigenvalue weighted by Gasteiger charge is 2.16. The zero-order valence-electron chi connectivity index (χ0n) is 13.7. The molecule has 25 heavy (non-hydrogen) atoms. The van der Waals surface area contributed by atoms with Crippen molar-refractivity contribution in [2.24, 2.45) is 5.10 Å². The summed E-state index contributed by atoms with van der Waals surface area (Å²) in [5, 5.41) is 16.1. The summed E-state index contributed by atoms with van der Waals surface area (Å²) in [7, 11) is 0. The van der Waals surface area contributed by atoms with Gasteiger partial charge in [-0.1, -0.05) is 30.3 Å². The second-order valence-electron chi connectivity index (χ2n) is 6.18. The van der Waals surface area contributed by atoms with E-state index in [1.165, 1.54) is 29.5 Å². The summed E-state index contributed by atoms with van der Waals surface area (Å²) in [6, 6.07) is 13.2. The first kappa shape index (κ1) is 15.8. The summed E-state index contributed by atoms with van der Waals surface area (Å²) >= 11 is 1.56. The first-order valence-electron chi connectivity index (χ1n) is 8.38. The highest BCUT2D eigenvalue weighted by molar-refractivity contribution is 7.14. The molecule has 1 amide bonds. The van der Waals surface area contributed by atoms with Crippen LogP contribution in [-0.4, -0.2) is 17.2 Å². The van der Waals surface area contributed by atoms with Gasteiger partial charge < -0.3 is 5.11 Å². The standard InChI is InChI=1S/C20H18N2O2S/c23-17-10-9-13-5-1-3-7-15(13)16(17)12-21-22-20(24)19-11-14-6-2-4-8-18(14)25-19/h1,3,5,7,9-12,23H,2,4,6,8H2,(H,22,24). The Morgan fingerprint density at radius 2 is 2.00 bits per heavy atom. The number of hydrazone groups is 1. The average Bonchev–Trinajstić information content (AvgIpc) is 3.08. The van der Waals surface area contributed by atoms with Gasteiger partial charge in [0.1, 0.15) is 5.75 Å². The van der Waals surface area contributed by atoms with E-state index in [4.69, 9.17) is 0 Å². The molecular weight excluding hydrogens is 332 g/mol. The predicted molar refractivity (Wildman–Crippen MR) is 102 cm³/mol. The van der Waals surface area contributed by atoms with Crippen LogP contribution in [0.5, 0.6) is 5.75 Å². The molecule has 1 aliphatic rings. The molecule has 0 atom stereocenters. The van der Waals surface area contributed by atoms with Crippen LogP contribution in [0.1, 0.15) is 38.5 Å².